The molecule has 0 spiro atoms. The lowest BCUT2D eigenvalue weighted by Gasteiger charge is -2.34. The highest BCUT2D eigenvalue weighted by Gasteiger charge is 2.23. The van der Waals surface area contributed by atoms with Gasteiger partial charge in [-0.3, -0.25) is 4.79 Å². The van der Waals surface area contributed by atoms with Gasteiger partial charge in [0.05, 0.1) is 6.54 Å². The molecule has 7 heteroatoms. The summed E-state index contributed by atoms with van der Waals surface area (Å²) < 4.78 is 5.94. The summed E-state index contributed by atoms with van der Waals surface area (Å²) in [6, 6.07) is 18.2. The van der Waals surface area contributed by atoms with Crippen molar-refractivity contribution in [1.29, 1.82) is 0 Å². The van der Waals surface area contributed by atoms with E-state index in [1.54, 1.807) is 0 Å². The van der Waals surface area contributed by atoms with Gasteiger partial charge in [-0.15, -0.1) is 24.0 Å². The van der Waals surface area contributed by atoms with E-state index < -0.39 is 0 Å². The molecular formula is C24H33IN4O2. The first kappa shape index (κ1) is 25.0. The first-order valence-corrected chi connectivity index (χ1v) is 10.7. The van der Waals surface area contributed by atoms with Crippen LogP contribution < -0.4 is 15.8 Å². The van der Waals surface area contributed by atoms with Crippen molar-refractivity contribution in [3.05, 3.63) is 65.7 Å². The zero-order chi connectivity index (χ0) is 21.2. The number of piperidine rings is 1. The van der Waals surface area contributed by atoms with Gasteiger partial charge < -0.3 is 20.7 Å². The Hall–Kier alpha value is -2.29. The number of carbonyl (C=O) groups is 1. The molecular weight excluding hydrogens is 503 g/mol. The number of nitrogens with two attached hydrogens (primary N) is 1. The largest absolute Gasteiger partial charge is 0.489 e. The van der Waals surface area contributed by atoms with Gasteiger partial charge in [-0.1, -0.05) is 42.5 Å². The third kappa shape index (κ3) is 8.40. The van der Waals surface area contributed by atoms with Crippen LogP contribution >= 0.6 is 24.0 Å². The molecule has 168 valence electrons. The van der Waals surface area contributed by atoms with E-state index in [4.69, 9.17) is 15.5 Å². The van der Waals surface area contributed by atoms with Crippen LogP contribution in [0.15, 0.2) is 59.6 Å². The molecule has 1 aliphatic heterocycles. The maximum absolute atomic E-state index is 11.3. The van der Waals surface area contributed by atoms with Crippen molar-refractivity contribution >= 4 is 35.8 Å². The number of nitrogens with zero attached hydrogens (tertiary/aromatic N) is 2. The second-order valence-corrected chi connectivity index (χ2v) is 7.72. The van der Waals surface area contributed by atoms with Crippen LogP contribution in [0.2, 0.25) is 0 Å². The maximum atomic E-state index is 11.3. The van der Waals surface area contributed by atoms with Crippen molar-refractivity contribution in [2.24, 2.45) is 16.6 Å². The Kier molecular flexibility index (Phi) is 10.6. The van der Waals surface area contributed by atoms with Crippen LogP contribution in [-0.2, 0) is 17.9 Å². The number of primary amides is 1. The number of hydrogen-bond acceptors (Lipinski definition) is 3. The van der Waals surface area contributed by atoms with Crippen molar-refractivity contribution in [2.75, 3.05) is 19.6 Å². The van der Waals surface area contributed by atoms with Crippen LogP contribution in [0, 0.1) is 5.92 Å². The minimum Gasteiger partial charge on any atom is -0.489 e. The third-order valence-corrected chi connectivity index (χ3v) is 5.20. The Labute approximate surface area is 202 Å². The summed E-state index contributed by atoms with van der Waals surface area (Å²) in [5, 5.41) is 3.39. The molecule has 1 saturated heterocycles. The molecule has 2 aromatic rings. The van der Waals surface area contributed by atoms with Crippen LogP contribution in [0.1, 0.15) is 37.3 Å². The molecule has 6 nitrogen and oxygen atoms in total. The van der Waals surface area contributed by atoms with Gasteiger partial charge >= 0.3 is 0 Å². The number of rotatable bonds is 8. The molecule has 0 aromatic heterocycles. The monoisotopic (exact) mass is 536 g/mol. The first-order chi connectivity index (χ1) is 14.6. The van der Waals surface area contributed by atoms with Crippen molar-refractivity contribution in [3.8, 4) is 5.75 Å². The molecule has 0 saturated carbocycles. The lowest BCUT2D eigenvalue weighted by atomic mass is 9.95. The predicted molar refractivity (Wildman–Crippen MR) is 136 cm³/mol. The van der Waals surface area contributed by atoms with Crippen molar-refractivity contribution in [3.63, 3.8) is 0 Å². The quantitative estimate of drug-likeness (QED) is 0.305. The first-order valence-electron chi connectivity index (χ1n) is 10.7. The number of nitrogens with one attached hydrogen (secondary N) is 1. The fourth-order valence-corrected chi connectivity index (χ4v) is 3.78. The average Bonchev–Trinajstić information content (AvgIpc) is 2.76. The zero-order valence-corrected chi connectivity index (χ0v) is 20.5. The average molecular weight is 536 g/mol. The number of carbonyl (C=O) groups excluding carboxylic acids is 1. The second kappa shape index (κ2) is 13.2. The molecule has 1 unspecified atom stereocenters. The predicted octanol–water partition coefficient (Wildman–Crippen LogP) is 3.94. The van der Waals surface area contributed by atoms with Gasteiger partial charge in [0.15, 0.2) is 5.96 Å². The van der Waals surface area contributed by atoms with Gasteiger partial charge in [0, 0.05) is 26.1 Å². The number of amides is 1. The number of guanidine groups is 1. The number of halogens is 1. The lowest BCUT2D eigenvalue weighted by Crippen LogP contribution is -2.47. The summed E-state index contributed by atoms with van der Waals surface area (Å²) in [6.45, 7) is 5.75. The van der Waals surface area contributed by atoms with Gasteiger partial charge in [0.1, 0.15) is 12.4 Å². The summed E-state index contributed by atoms with van der Waals surface area (Å²) in [6.07, 6.45) is 2.53. The van der Waals surface area contributed by atoms with Crippen LogP contribution in [0.4, 0.5) is 0 Å². The normalized spacial score (nSPS) is 16.4. The minimum atomic E-state index is -0.226. The number of likely N-dealkylation sites (tertiary alicyclic amines) is 1. The van der Waals surface area contributed by atoms with Crippen LogP contribution in [0.5, 0.6) is 5.75 Å². The van der Waals surface area contributed by atoms with E-state index >= 15 is 0 Å². The van der Waals surface area contributed by atoms with E-state index in [2.05, 4.69) is 35.3 Å². The maximum Gasteiger partial charge on any atom is 0.217 e. The molecule has 3 N–H and O–H groups in total. The van der Waals surface area contributed by atoms with Crippen LogP contribution in [-0.4, -0.2) is 36.4 Å². The van der Waals surface area contributed by atoms with E-state index in [9.17, 15) is 4.79 Å². The number of aliphatic imine (C=N–C) groups is 1. The van der Waals surface area contributed by atoms with Crippen LogP contribution in [0.3, 0.4) is 0 Å². The SMILES string of the molecule is CCNC(=NCc1cccc(OCc2ccccc2)c1)N1CCCC(CC(N)=O)C1.I. The molecule has 3 rings (SSSR count). The lowest BCUT2D eigenvalue weighted by molar-refractivity contribution is -0.119. The van der Waals surface area contributed by atoms with Gasteiger partial charge in [-0.2, -0.15) is 0 Å². The fraction of sp³-hybridized carbons (Fsp3) is 0.417. The number of hydrogen-bond donors (Lipinski definition) is 2. The van der Waals surface area contributed by atoms with Gasteiger partial charge in [0.25, 0.3) is 0 Å². The van der Waals surface area contributed by atoms with Crippen molar-refractivity contribution in [2.45, 2.75) is 39.3 Å². The van der Waals surface area contributed by atoms with Gasteiger partial charge in [0.2, 0.25) is 5.91 Å². The third-order valence-electron chi connectivity index (χ3n) is 5.20. The van der Waals surface area contributed by atoms with E-state index in [1.807, 2.05) is 36.4 Å². The molecule has 0 radical (unpaired) electrons. The molecule has 1 fully saturated rings. The topological polar surface area (TPSA) is 80.0 Å². The summed E-state index contributed by atoms with van der Waals surface area (Å²) >= 11 is 0. The highest BCUT2D eigenvalue weighted by molar-refractivity contribution is 14.0. The molecule has 0 aliphatic carbocycles. The Bertz CT molecular complexity index is 844. The zero-order valence-electron chi connectivity index (χ0n) is 18.1. The number of benzene rings is 2. The van der Waals surface area contributed by atoms with E-state index in [0.29, 0.717) is 25.5 Å². The van der Waals surface area contributed by atoms with E-state index in [0.717, 1.165) is 55.3 Å². The standard InChI is InChI=1S/C24H32N4O2.HI/c1-2-26-24(28-13-7-11-21(17-28)15-23(25)29)27-16-20-10-6-12-22(14-20)30-18-19-8-4-3-5-9-19;/h3-6,8-10,12,14,21H,2,7,11,13,15-18H2,1H3,(H2,25,29)(H,26,27);1H. The number of ether oxygens (including phenoxy) is 1. The summed E-state index contributed by atoms with van der Waals surface area (Å²) in [7, 11) is 0. The van der Waals surface area contributed by atoms with Crippen molar-refractivity contribution in [1.82, 2.24) is 10.2 Å². The van der Waals surface area contributed by atoms with Crippen molar-refractivity contribution < 1.29 is 9.53 Å². The molecule has 1 amide bonds. The molecule has 31 heavy (non-hydrogen) atoms. The Balaban J connectivity index is 0.00000341. The highest BCUT2D eigenvalue weighted by Crippen LogP contribution is 2.20. The van der Waals surface area contributed by atoms with Gasteiger partial charge in [-0.25, -0.2) is 4.99 Å². The molecule has 0 bridgehead atoms. The molecule has 2 aromatic carbocycles. The highest BCUT2D eigenvalue weighted by atomic mass is 127. The summed E-state index contributed by atoms with van der Waals surface area (Å²) in [5.74, 6) is 1.81. The summed E-state index contributed by atoms with van der Waals surface area (Å²) in [5.41, 5.74) is 7.64. The smallest absolute Gasteiger partial charge is 0.217 e. The van der Waals surface area contributed by atoms with E-state index in [1.165, 1.54) is 0 Å². The summed E-state index contributed by atoms with van der Waals surface area (Å²) in [4.78, 5) is 18.4. The molecule has 1 atom stereocenters. The van der Waals surface area contributed by atoms with E-state index in [-0.39, 0.29) is 29.9 Å². The molecule has 1 heterocycles. The Morgan fingerprint density at radius 3 is 2.71 bits per heavy atom. The van der Waals surface area contributed by atoms with Crippen LogP contribution in [0.25, 0.3) is 0 Å². The fourth-order valence-electron chi connectivity index (χ4n) is 3.78. The Morgan fingerprint density at radius 1 is 1.19 bits per heavy atom. The Morgan fingerprint density at radius 2 is 1.97 bits per heavy atom. The molecule has 1 aliphatic rings. The minimum absolute atomic E-state index is 0. The van der Waals surface area contributed by atoms with Gasteiger partial charge in [-0.05, 0) is 48.9 Å². The second-order valence-electron chi connectivity index (χ2n) is 7.72.